The van der Waals surface area contributed by atoms with Gasteiger partial charge < -0.3 is 10.1 Å². The van der Waals surface area contributed by atoms with Gasteiger partial charge in [0, 0.05) is 6.04 Å². The van der Waals surface area contributed by atoms with E-state index in [0.717, 1.165) is 6.54 Å². The summed E-state index contributed by atoms with van der Waals surface area (Å²) < 4.78 is 4.57. The number of ether oxygens (including phenoxy) is 1. The highest BCUT2D eigenvalue weighted by molar-refractivity contribution is 5.69. The summed E-state index contributed by atoms with van der Waals surface area (Å²) in [5, 5.41) is 3.28. The van der Waals surface area contributed by atoms with Crippen LogP contribution in [0.15, 0.2) is 0 Å². The molecule has 0 unspecified atom stereocenters. The van der Waals surface area contributed by atoms with E-state index < -0.39 is 0 Å². The molecule has 0 spiro atoms. The van der Waals surface area contributed by atoms with Gasteiger partial charge in [0.05, 0.1) is 13.5 Å². The van der Waals surface area contributed by atoms with Crippen molar-refractivity contribution < 1.29 is 9.53 Å². The van der Waals surface area contributed by atoms with Gasteiger partial charge in [-0.15, -0.1) is 0 Å². The molecule has 0 bridgehead atoms. The smallest absolute Gasteiger partial charge is 0.307 e. The summed E-state index contributed by atoms with van der Waals surface area (Å²) in [7, 11) is 1.42. The highest BCUT2D eigenvalue weighted by atomic mass is 16.5. The minimum absolute atomic E-state index is 0.143. The van der Waals surface area contributed by atoms with E-state index in [1.165, 1.54) is 26.4 Å². The average molecular weight is 187 g/mol. The molecular weight excluding hydrogens is 166 g/mol. The molecule has 0 rings (SSSR count). The number of unbranched alkanes of at least 4 members (excludes halogenated alkanes) is 2. The van der Waals surface area contributed by atoms with Gasteiger partial charge in [-0.1, -0.05) is 19.8 Å². The summed E-state index contributed by atoms with van der Waals surface area (Å²) in [5.74, 6) is -0.143. The second kappa shape index (κ2) is 8.05. The Morgan fingerprint density at radius 1 is 1.46 bits per heavy atom. The van der Waals surface area contributed by atoms with Crippen molar-refractivity contribution >= 4 is 5.97 Å². The van der Waals surface area contributed by atoms with Crippen molar-refractivity contribution in [1.82, 2.24) is 5.32 Å². The summed E-state index contributed by atoms with van der Waals surface area (Å²) >= 11 is 0. The predicted molar refractivity (Wildman–Crippen MR) is 53.6 cm³/mol. The van der Waals surface area contributed by atoms with E-state index in [0.29, 0.717) is 6.42 Å². The van der Waals surface area contributed by atoms with Crippen LogP contribution in [0.1, 0.15) is 39.5 Å². The summed E-state index contributed by atoms with van der Waals surface area (Å²) in [6.07, 6.45) is 4.12. The Morgan fingerprint density at radius 2 is 2.15 bits per heavy atom. The molecule has 1 atom stereocenters. The lowest BCUT2D eigenvalue weighted by molar-refractivity contribution is -0.141. The highest BCUT2D eigenvalue weighted by Gasteiger charge is 2.07. The average Bonchev–Trinajstić information content (AvgIpc) is 2.12. The molecule has 13 heavy (non-hydrogen) atoms. The molecule has 3 nitrogen and oxygen atoms in total. The monoisotopic (exact) mass is 187 g/mol. The molecule has 0 fully saturated rings. The standard InChI is InChI=1S/C10H21NO2/c1-4-5-6-7-11-9(2)8-10(12)13-3/h9,11H,4-8H2,1-3H3/t9-/m0/s1. The lowest BCUT2D eigenvalue weighted by Crippen LogP contribution is -2.29. The third-order valence-electron chi connectivity index (χ3n) is 1.97. The number of rotatable bonds is 7. The number of carbonyl (C=O) groups is 1. The normalized spacial score (nSPS) is 12.5. The zero-order valence-corrected chi connectivity index (χ0v) is 8.93. The molecule has 0 aromatic carbocycles. The second-order valence-electron chi connectivity index (χ2n) is 3.34. The zero-order valence-electron chi connectivity index (χ0n) is 8.93. The molecule has 78 valence electrons. The van der Waals surface area contributed by atoms with E-state index in [1.54, 1.807) is 0 Å². The Balaban J connectivity index is 3.29. The van der Waals surface area contributed by atoms with Crippen LogP contribution >= 0.6 is 0 Å². The number of esters is 1. The summed E-state index contributed by atoms with van der Waals surface area (Å²) in [4.78, 5) is 10.8. The molecule has 0 aliphatic rings. The van der Waals surface area contributed by atoms with Gasteiger partial charge >= 0.3 is 5.97 Å². The van der Waals surface area contributed by atoms with E-state index in [1.807, 2.05) is 6.92 Å². The molecule has 0 aliphatic carbocycles. The van der Waals surface area contributed by atoms with Crippen molar-refractivity contribution in [2.75, 3.05) is 13.7 Å². The fourth-order valence-corrected chi connectivity index (χ4v) is 1.13. The first-order valence-electron chi connectivity index (χ1n) is 5.00. The summed E-state index contributed by atoms with van der Waals surface area (Å²) in [6.45, 7) is 5.17. The fraction of sp³-hybridized carbons (Fsp3) is 0.900. The van der Waals surface area contributed by atoms with Crippen LogP contribution < -0.4 is 5.32 Å². The molecule has 0 aliphatic heterocycles. The van der Waals surface area contributed by atoms with Crippen molar-refractivity contribution in [2.24, 2.45) is 0 Å². The van der Waals surface area contributed by atoms with Crippen LogP contribution in [0.25, 0.3) is 0 Å². The summed E-state index contributed by atoms with van der Waals surface area (Å²) in [5.41, 5.74) is 0. The van der Waals surface area contributed by atoms with Crippen LogP contribution in [0.4, 0.5) is 0 Å². The van der Waals surface area contributed by atoms with Gasteiger partial charge in [-0.3, -0.25) is 4.79 Å². The number of nitrogens with one attached hydrogen (secondary N) is 1. The predicted octanol–water partition coefficient (Wildman–Crippen LogP) is 1.72. The first kappa shape index (κ1) is 12.4. The van der Waals surface area contributed by atoms with E-state index >= 15 is 0 Å². The maximum absolute atomic E-state index is 10.8. The number of hydrogen-bond donors (Lipinski definition) is 1. The van der Waals surface area contributed by atoms with Gasteiger partial charge in [0.25, 0.3) is 0 Å². The van der Waals surface area contributed by atoms with E-state index in [-0.39, 0.29) is 12.0 Å². The largest absolute Gasteiger partial charge is 0.469 e. The molecular formula is C10H21NO2. The molecule has 1 N–H and O–H groups in total. The molecule has 0 saturated carbocycles. The van der Waals surface area contributed by atoms with Crippen LogP contribution in [-0.2, 0) is 9.53 Å². The fourth-order valence-electron chi connectivity index (χ4n) is 1.13. The summed E-state index contributed by atoms with van der Waals surface area (Å²) in [6, 6.07) is 0.226. The van der Waals surface area contributed by atoms with Gasteiger partial charge in [-0.25, -0.2) is 0 Å². The Morgan fingerprint density at radius 3 is 2.69 bits per heavy atom. The van der Waals surface area contributed by atoms with Crippen LogP contribution in [0.2, 0.25) is 0 Å². The Kier molecular flexibility index (Phi) is 7.69. The first-order chi connectivity index (χ1) is 6.20. The Labute approximate surface area is 80.8 Å². The van der Waals surface area contributed by atoms with Crippen LogP contribution in [0.5, 0.6) is 0 Å². The topological polar surface area (TPSA) is 38.3 Å². The number of carbonyl (C=O) groups excluding carboxylic acids is 1. The van der Waals surface area contributed by atoms with Gasteiger partial charge in [-0.05, 0) is 19.9 Å². The van der Waals surface area contributed by atoms with Crippen LogP contribution in [-0.4, -0.2) is 25.7 Å². The highest BCUT2D eigenvalue weighted by Crippen LogP contribution is 1.95. The second-order valence-corrected chi connectivity index (χ2v) is 3.34. The van der Waals surface area contributed by atoms with E-state index in [2.05, 4.69) is 17.0 Å². The first-order valence-corrected chi connectivity index (χ1v) is 5.00. The van der Waals surface area contributed by atoms with Crippen molar-refractivity contribution in [2.45, 2.75) is 45.6 Å². The molecule has 0 aromatic rings. The van der Waals surface area contributed by atoms with Crippen molar-refractivity contribution in [1.29, 1.82) is 0 Å². The molecule has 0 saturated heterocycles. The molecule has 3 heteroatoms. The lowest BCUT2D eigenvalue weighted by atomic mass is 10.2. The maximum atomic E-state index is 10.8. The molecule has 0 radical (unpaired) electrons. The molecule has 0 amide bonds. The minimum atomic E-state index is -0.143. The van der Waals surface area contributed by atoms with Gasteiger partial charge in [0.1, 0.15) is 0 Å². The van der Waals surface area contributed by atoms with Gasteiger partial charge in [0.15, 0.2) is 0 Å². The van der Waals surface area contributed by atoms with Gasteiger partial charge in [-0.2, -0.15) is 0 Å². The van der Waals surface area contributed by atoms with Crippen LogP contribution in [0.3, 0.4) is 0 Å². The number of methoxy groups -OCH3 is 1. The zero-order chi connectivity index (χ0) is 10.1. The van der Waals surface area contributed by atoms with E-state index in [4.69, 9.17) is 0 Å². The van der Waals surface area contributed by atoms with Crippen molar-refractivity contribution in [3.8, 4) is 0 Å². The van der Waals surface area contributed by atoms with E-state index in [9.17, 15) is 4.79 Å². The van der Waals surface area contributed by atoms with Gasteiger partial charge in [0.2, 0.25) is 0 Å². The van der Waals surface area contributed by atoms with Crippen molar-refractivity contribution in [3.05, 3.63) is 0 Å². The van der Waals surface area contributed by atoms with Crippen molar-refractivity contribution in [3.63, 3.8) is 0 Å². The number of hydrogen-bond acceptors (Lipinski definition) is 3. The maximum Gasteiger partial charge on any atom is 0.307 e. The Hall–Kier alpha value is -0.570. The minimum Gasteiger partial charge on any atom is -0.469 e. The third-order valence-corrected chi connectivity index (χ3v) is 1.97. The molecule has 0 aromatic heterocycles. The Bertz CT molecular complexity index is 137. The molecule has 0 heterocycles. The lowest BCUT2D eigenvalue weighted by Gasteiger charge is -2.11. The van der Waals surface area contributed by atoms with Crippen LogP contribution in [0, 0.1) is 0 Å². The third kappa shape index (κ3) is 7.78. The quantitative estimate of drug-likeness (QED) is 0.487. The SMILES string of the molecule is CCCCCN[C@@H](C)CC(=O)OC.